The number of nitrogens with zero attached hydrogens (tertiary/aromatic N) is 2. The van der Waals surface area contributed by atoms with Gasteiger partial charge in [0.05, 0.1) is 12.0 Å². The van der Waals surface area contributed by atoms with Crippen LogP contribution in [-0.2, 0) is 6.54 Å². The molecule has 0 unspecified atom stereocenters. The van der Waals surface area contributed by atoms with E-state index in [1.54, 1.807) is 19.3 Å². The molecule has 4 heteroatoms. The molecule has 0 fully saturated rings. The molecule has 1 aromatic heterocycles. The van der Waals surface area contributed by atoms with Crippen molar-refractivity contribution in [1.82, 2.24) is 14.9 Å². The van der Waals surface area contributed by atoms with Crippen LogP contribution >= 0.6 is 0 Å². The minimum atomic E-state index is -0.188. The highest BCUT2D eigenvalue weighted by atomic mass is 19.1. The van der Waals surface area contributed by atoms with Gasteiger partial charge in [-0.2, -0.15) is 0 Å². The van der Waals surface area contributed by atoms with E-state index in [1.165, 1.54) is 6.07 Å². The molecule has 0 radical (unpaired) electrons. The molecule has 96 valence electrons. The minimum absolute atomic E-state index is 0.188. The lowest BCUT2D eigenvalue weighted by Crippen LogP contribution is -2.13. The van der Waals surface area contributed by atoms with E-state index >= 15 is 0 Å². The van der Waals surface area contributed by atoms with Crippen LogP contribution in [0.5, 0.6) is 0 Å². The van der Waals surface area contributed by atoms with Crippen LogP contribution in [0, 0.1) is 12.7 Å². The largest absolute Gasteiger partial charge is 0.311 e. The Morgan fingerprint density at radius 1 is 1.39 bits per heavy atom. The topological polar surface area (TPSA) is 29.9 Å². The zero-order valence-corrected chi connectivity index (χ0v) is 10.8. The van der Waals surface area contributed by atoms with Crippen molar-refractivity contribution in [2.75, 3.05) is 6.54 Å². The lowest BCUT2D eigenvalue weighted by molar-refractivity contribution is 0.617. The van der Waals surface area contributed by atoms with Crippen molar-refractivity contribution in [1.29, 1.82) is 0 Å². The molecular weight excluding hydrogens is 229 g/mol. The van der Waals surface area contributed by atoms with Gasteiger partial charge in [-0.3, -0.25) is 0 Å². The van der Waals surface area contributed by atoms with Gasteiger partial charge < -0.3 is 9.88 Å². The number of aromatic nitrogens is 2. The molecular formula is C14H18FN3. The fourth-order valence-electron chi connectivity index (χ4n) is 1.73. The number of aryl methyl sites for hydroxylation is 1. The summed E-state index contributed by atoms with van der Waals surface area (Å²) in [5.41, 5.74) is 2.42. The molecule has 0 amide bonds. The Kier molecular flexibility index (Phi) is 4.10. The molecule has 0 bridgehead atoms. The molecule has 1 N–H and O–H groups in total. The first-order valence-corrected chi connectivity index (χ1v) is 6.21. The van der Waals surface area contributed by atoms with Crippen LogP contribution in [0.15, 0.2) is 30.7 Å². The summed E-state index contributed by atoms with van der Waals surface area (Å²) in [7, 11) is 0. The van der Waals surface area contributed by atoms with Gasteiger partial charge in [0.25, 0.3) is 0 Å². The number of nitrogens with one attached hydrogen (secondary N) is 1. The van der Waals surface area contributed by atoms with E-state index < -0.39 is 0 Å². The first kappa shape index (κ1) is 12.8. The van der Waals surface area contributed by atoms with Crippen LogP contribution in [0.4, 0.5) is 4.39 Å². The zero-order valence-electron chi connectivity index (χ0n) is 10.8. The molecule has 3 nitrogen and oxygen atoms in total. The predicted molar refractivity (Wildman–Crippen MR) is 70.3 cm³/mol. The van der Waals surface area contributed by atoms with Crippen LogP contribution < -0.4 is 5.32 Å². The van der Waals surface area contributed by atoms with Gasteiger partial charge in [0.2, 0.25) is 0 Å². The summed E-state index contributed by atoms with van der Waals surface area (Å²) in [6.07, 6.45) is 4.74. The maximum absolute atomic E-state index is 13.5. The molecule has 0 aliphatic heterocycles. The molecule has 18 heavy (non-hydrogen) atoms. The first-order valence-electron chi connectivity index (χ1n) is 6.21. The smallest absolute Gasteiger partial charge is 0.128 e. The number of hydrogen-bond donors (Lipinski definition) is 1. The van der Waals surface area contributed by atoms with Gasteiger partial charge in [0, 0.05) is 18.4 Å². The third-order valence-electron chi connectivity index (χ3n) is 2.82. The van der Waals surface area contributed by atoms with Crippen molar-refractivity contribution in [3.8, 4) is 5.69 Å². The van der Waals surface area contributed by atoms with E-state index in [1.807, 2.05) is 16.8 Å². The Hall–Kier alpha value is -1.68. The SMILES string of the molecule is CCCNCc1cn(-c2ccc(C)c(F)c2)cn1. The molecule has 1 heterocycles. The monoisotopic (exact) mass is 247 g/mol. The predicted octanol–water partition coefficient (Wildman–Crippen LogP) is 2.82. The van der Waals surface area contributed by atoms with Crippen molar-refractivity contribution < 1.29 is 4.39 Å². The van der Waals surface area contributed by atoms with Gasteiger partial charge >= 0.3 is 0 Å². The standard InChI is InChI=1S/C14H18FN3/c1-3-6-16-8-12-9-18(10-17-12)13-5-4-11(2)14(15)7-13/h4-5,7,9-10,16H,3,6,8H2,1-2H3. The number of benzene rings is 1. The van der Waals surface area contributed by atoms with Gasteiger partial charge in [-0.25, -0.2) is 9.37 Å². The summed E-state index contributed by atoms with van der Waals surface area (Å²) in [4.78, 5) is 4.29. The fraction of sp³-hybridized carbons (Fsp3) is 0.357. The van der Waals surface area contributed by atoms with Crippen molar-refractivity contribution in [3.63, 3.8) is 0 Å². The highest BCUT2D eigenvalue weighted by Crippen LogP contribution is 2.13. The molecule has 0 aliphatic carbocycles. The van der Waals surface area contributed by atoms with Crippen molar-refractivity contribution in [3.05, 3.63) is 47.8 Å². The summed E-state index contributed by atoms with van der Waals surface area (Å²) in [6, 6.07) is 5.20. The van der Waals surface area contributed by atoms with Crippen molar-refractivity contribution >= 4 is 0 Å². The number of rotatable bonds is 5. The van der Waals surface area contributed by atoms with Crippen LogP contribution in [0.1, 0.15) is 24.6 Å². The Morgan fingerprint density at radius 3 is 2.94 bits per heavy atom. The van der Waals surface area contributed by atoms with Gasteiger partial charge in [0.1, 0.15) is 5.82 Å². The average molecular weight is 247 g/mol. The van der Waals surface area contributed by atoms with E-state index in [9.17, 15) is 4.39 Å². The molecule has 0 atom stereocenters. The molecule has 0 spiro atoms. The maximum atomic E-state index is 13.5. The normalized spacial score (nSPS) is 10.8. The van der Waals surface area contributed by atoms with Crippen LogP contribution in [-0.4, -0.2) is 16.1 Å². The molecule has 1 aromatic carbocycles. The zero-order chi connectivity index (χ0) is 13.0. The second kappa shape index (κ2) is 5.78. The van der Waals surface area contributed by atoms with Crippen LogP contribution in [0.2, 0.25) is 0 Å². The van der Waals surface area contributed by atoms with Crippen LogP contribution in [0.25, 0.3) is 5.69 Å². The Morgan fingerprint density at radius 2 is 2.22 bits per heavy atom. The van der Waals surface area contributed by atoms with Crippen molar-refractivity contribution in [2.45, 2.75) is 26.8 Å². The lowest BCUT2D eigenvalue weighted by atomic mass is 10.2. The molecule has 0 saturated heterocycles. The Bertz CT molecular complexity index is 520. The number of halogens is 1. The summed E-state index contributed by atoms with van der Waals surface area (Å²) in [5.74, 6) is -0.188. The molecule has 2 rings (SSSR count). The highest BCUT2D eigenvalue weighted by Gasteiger charge is 2.03. The van der Waals surface area contributed by atoms with E-state index in [0.29, 0.717) is 5.56 Å². The second-order valence-electron chi connectivity index (χ2n) is 4.38. The summed E-state index contributed by atoms with van der Waals surface area (Å²) >= 11 is 0. The molecule has 0 aliphatic rings. The minimum Gasteiger partial charge on any atom is -0.311 e. The quantitative estimate of drug-likeness (QED) is 0.823. The third kappa shape index (κ3) is 2.96. The lowest BCUT2D eigenvalue weighted by Gasteiger charge is -2.03. The summed E-state index contributed by atoms with van der Waals surface area (Å²) < 4.78 is 15.3. The summed E-state index contributed by atoms with van der Waals surface area (Å²) in [5, 5.41) is 3.29. The van der Waals surface area contributed by atoms with E-state index in [2.05, 4.69) is 17.2 Å². The van der Waals surface area contributed by atoms with Gasteiger partial charge in [0.15, 0.2) is 0 Å². The van der Waals surface area contributed by atoms with Gasteiger partial charge in [-0.05, 0) is 37.6 Å². The highest BCUT2D eigenvalue weighted by molar-refractivity contribution is 5.35. The molecule has 2 aromatic rings. The first-order chi connectivity index (χ1) is 8.70. The Labute approximate surface area is 107 Å². The van der Waals surface area contributed by atoms with Gasteiger partial charge in [-0.15, -0.1) is 0 Å². The molecule has 0 saturated carbocycles. The van der Waals surface area contributed by atoms with Crippen molar-refractivity contribution in [2.24, 2.45) is 0 Å². The second-order valence-corrected chi connectivity index (χ2v) is 4.38. The van der Waals surface area contributed by atoms with E-state index in [4.69, 9.17) is 0 Å². The number of imidazole rings is 1. The van der Waals surface area contributed by atoms with E-state index in [0.717, 1.165) is 30.9 Å². The number of hydrogen-bond acceptors (Lipinski definition) is 2. The average Bonchev–Trinajstić information content (AvgIpc) is 2.82. The maximum Gasteiger partial charge on any atom is 0.128 e. The fourth-order valence-corrected chi connectivity index (χ4v) is 1.73. The van der Waals surface area contributed by atoms with Crippen LogP contribution in [0.3, 0.4) is 0 Å². The van der Waals surface area contributed by atoms with Gasteiger partial charge in [-0.1, -0.05) is 13.0 Å². The summed E-state index contributed by atoms with van der Waals surface area (Å²) in [6.45, 7) is 5.61. The Balaban J connectivity index is 2.11. The van der Waals surface area contributed by atoms with E-state index in [-0.39, 0.29) is 5.82 Å². The third-order valence-corrected chi connectivity index (χ3v) is 2.82.